The van der Waals surface area contributed by atoms with Crippen LogP contribution in [-0.2, 0) is 0 Å². The predicted molar refractivity (Wildman–Crippen MR) is 73.3 cm³/mol. The molecule has 0 aliphatic heterocycles. The number of nitrogens with zero attached hydrogens (tertiary/aromatic N) is 4. The maximum Gasteiger partial charge on any atom is 0.259 e. The molecule has 0 aliphatic rings. The molecule has 3 aromatic rings. The van der Waals surface area contributed by atoms with Gasteiger partial charge in [0.05, 0.1) is 10.9 Å². The molecule has 0 spiro atoms. The van der Waals surface area contributed by atoms with Crippen molar-refractivity contribution in [2.24, 2.45) is 0 Å². The molecular weight excluding hydrogens is 256 g/mol. The van der Waals surface area contributed by atoms with Gasteiger partial charge in [0.25, 0.3) is 5.91 Å². The lowest BCUT2D eigenvalue weighted by Gasteiger charge is -2.05. The molecule has 3 rings (SSSR count). The van der Waals surface area contributed by atoms with Crippen LogP contribution in [0.4, 0.5) is 5.82 Å². The van der Waals surface area contributed by atoms with Gasteiger partial charge in [0.15, 0.2) is 0 Å². The van der Waals surface area contributed by atoms with E-state index in [-0.39, 0.29) is 5.91 Å². The fourth-order valence-electron chi connectivity index (χ4n) is 1.99. The first-order valence-corrected chi connectivity index (χ1v) is 6.03. The number of rotatable bonds is 2. The lowest BCUT2D eigenvalue weighted by Crippen LogP contribution is -2.14. The van der Waals surface area contributed by atoms with Crippen LogP contribution in [0.3, 0.4) is 0 Å². The topological polar surface area (TPSA) is 96.5 Å². The van der Waals surface area contributed by atoms with Crippen LogP contribution in [0.25, 0.3) is 11.0 Å². The minimum absolute atomic E-state index is 0.302. The molecule has 0 saturated carbocycles. The number of carbonyl (C=O) groups excluding carboxylic acids is 1. The first-order valence-electron chi connectivity index (χ1n) is 6.03. The lowest BCUT2D eigenvalue weighted by atomic mass is 10.2. The van der Waals surface area contributed by atoms with Gasteiger partial charge in [-0.05, 0) is 19.4 Å². The van der Waals surface area contributed by atoms with Crippen molar-refractivity contribution in [3.8, 4) is 0 Å². The van der Waals surface area contributed by atoms with E-state index >= 15 is 0 Å². The van der Waals surface area contributed by atoms with Crippen LogP contribution in [0.1, 0.15) is 21.6 Å². The van der Waals surface area contributed by atoms with Gasteiger partial charge in [-0.3, -0.25) is 4.79 Å². The number of hydrogen-bond acceptors (Lipinski definition) is 5. The molecule has 3 aromatic heterocycles. The number of H-pyrrole nitrogens is 1. The molecule has 3 heterocycles. The van der Waals surface area contributed by atoms with E-state index in [4.69, 9.17) is 0 Å². The number of aromatic nitrogens is 5. The average molecular weight is 268 g/mol. The second kappa shape index (κ2) is 4.69. The first-order chi connectivity index (χ1) is 9.66. The second-order valence-corrected chi connectivity index (χ2v) is 4.40. The van der Waals surface area contributed by atoms with E-state index in [0.717, 1.165) is 16.6 Å². The van der Waals surface area contributed by atoms with E-state index in [1.807, 2.05) is 13.8 Å². The molecule has 7 nitrogen and oxygen atoms in total. The molecule has 0 unspecified atom stereocenters. The van der Waals surface area contributed by atoms with Crippen LogP contribution in [0.2, 0.25) is 0 Å². The Balaban J connectivity index is 2.01. The van der Waals surface area contributed by atoms with Gasteiger partial charge < -0.3 is 10.3 Å². The Morgan fingerprint density at radius 1 is 1.15 bits per heavy atom. The molecule has 0 atom stereocenters. The third kappa shape index (κ3) is 1.99. The van der Waals surface area contributed by atoms with Gasteiger partial charge in [-0.1, -0.05) is 0 Å². The van der Waals surface area contributed by atoms with Crippen LogP contribution >= 0.6 is 0 Å². The van der Waals surface area contributed by atoms with Gasteiger partial charge in [0.1, 0.15) is 24.1 Å². The van der Waals surface area contributed by atoms with Crippen LogP contribution in [-0.4, -0.2) is 30.8 Å². The smallest absolute Gasteiger partial charge is 0.259 e. The molecule has 0 radical (unpaired) electrons. The van der Waals surface area contributed by atoms with E-state index < -0.39 is 0 Å². The van der Waals surface area contributed by atoms with Gasteiger partial charge in [-0.15, -0.1) is 0 Å². The highest BCUT2D eigenvalue weighted by Crippen LogP contribution is 2.25. The standard InChI is InChI=1S/C13H12N6O/c1-7-8(2)18-11-10(7)12(17-6-16-11)19-13(20)9-3-14-5-15-4-9/h3-6H,1-2H3,(H2,16,17,18,19,20). The number of aryl methyl sites for hydroxylation is 2. The number of nitrogens with one attached hydrogen (secondary N) is 2. The Bertz CT molecular complexity index is 780. The Labute approximate surface area is 114 Å². The number of aromatic amines is 1. The molecule has 2 N–H and O–H groups in total. The fourth-order valence-corrected chi connectivity index (χ4v) is 1.99. The number of anilines is 1. The quantitative estimate of drug-likeness (QED) is 0.736. The first kappa shape index (κ1) is 12.2. The van der Waals surface area contributed by atoms with E-state index in [1.54, 1.807) is 0 Å². The van der Waals surface area contributed by atoms with E-state index in [9.17, 15) is 4.79 Å². The van der Waals surface area contributed by atoms with Crippen molar-refractivity contribution in [2.75, 3.05) is 5.32 Å². The summed E-state index contributed by atoms with van der Waals surface area (Å²) in [6, 6.07) is 0. The number of fused-ring (bicyclic) bond motifs is 1. The summed E-state index contributed by atoms with van der Waals surface area (Å²) in [4.78, 5) is 31.2. The van der Waals surface area contributed by atoms with Crippen molar-refractivity contribution in [2.45, 2.75) is 13.8 Å². The monoisotopic (exact) mass is 268 g/mol. The van der Waals surface area contributed by atoms with Crippen molar-refractivity contribution in [3.05, 3.63) is 41.9 Å². The Morgan fingerprint density at radius 3 is 2.65 bits per heavy atom. The van der Waals surface area contributed by atoms with Crippen molar-refractivity contribution in [1.82, 2.24) is 24.9 Å². The van der Waals surface area contributed by atoms with Crippen molar-refractivity contribution in [1.29, 1.82) is 0 Å². The van der Waals surface area contributed by atoms with Gasteiger partial charge in [-0.25, -0.2) is 19.9 Å². The second-order valence-electron chi connectivity index (χ2n) is 4.40. The summed E-state index contributed by atoms with van der Waals surface area (Å²) in [5.41, 5.74) is 3.10. The zero-order chi connectivity index (χ0) is 14.1. The highest BCUT2D eigenvalue weighted by molar-refractivity contribution is 6.07. The van der Waals surface area contributed by atoms with E-state index in [0.29, 0.717) is 17.0 Å². The van der Waals surface area contributed by atoms with Gasteiger partial charge >= 0.3 is 0 Å². The zero-order valence-corrected chi connectivity index (χ0v) is 11.0. The maximum atomic E-state index is 12.1. The van der Waals surface area contributed by atoms with Crippen LogP contribution < -0.4 is 5.32 Å². The molecular formula is C13H12N6O. The van der Waals surface area contributed by atoms with Gasteiger partial charge in [0.2, 0.25) is 0 Å². The van der Waals surface area contributed by atoms with Crippen molar-refractivity contribution < 1.29 is 4.79 Å². The SMILES string of the molecule is Cc1[nH]c2ncnc(NC(=O)c3cncnc3)c2c1C. The molecule has 0 saturated heterocycles. The molecule has 20 heavy (non-hydrogen) atoms. The van der Waals surface area contributed by atoms with Crippen LogP contribution in [0, 0.1) is 13.8 Å². The van der Waals surface area contributed by atoms with Crippen molar-refractivity contribution in [3.63, 3.8) is 0 Å². The Hall–Kier alpha value is -2.83. The summed E-state index contributed by atoms with van der Waals surface area (Å²) >= 11 is 0. The molecule has 100 valence electrons. The predicted octanol–water partition coefficient (Wildman–Crippen LogP) is 1.62. The summed E-state index contributed by atoms with van der Waals surface area (Å²) in [5, 5.41) is 3.58. The molecule has 1 amide bonds. The van der Waals surface area contributed by atoms with Crippen molar-refractivity contribution >= 4 is 22.8 Å². The fraction of sp³-hybridized carbons (Fsp3) is 0.154. The van der Waals surface area contributed by atoms with Gasteiger partial charge in [0, 0.05) is 18.1 Å². The number of amides is 1. The molecule has 0 aromatic carbocycles. The third-order valence-corrected chi connectivity index (χ3v) is 3.15. The van der Waals surface area contributed by atoms with E-state index in [2.05, 4.69) is 30.2 Å². The Morgan fingerprint density at radius 2 is 1.90 bits per heavy atom. The summed E-state index contributed by atoms with van der Waals surface area (Å²) in [5.74, 6) is 0.176. The largest absolute Gasteiger partial charge is 0.343 e. The molecule has 7 heteroatoms. The maximum absolute atomic E-state index is 12.1. The molecule has 0 fully saturated rings. The number of carbonyl (C=O) groups is 1. The Kier molecular flexibility index (Phi) is 2.86. The molecule has 0 bridgehead atoms. The lowest BCUT2D eigenvalue weighted by molar-refractivity contribution is 0.102. The highest BCUT2D eigenvalue weighted by Gasteiger charge is 2.14. The average Bonchev–Trinajstić information content (AvgIpc) is 2.76. The van der Waals surface area contributed by atoms with Crippen LogP contribution in [0.15, 0.2) is 25.0 Å². The third-order valence-electron chi connectivity index (χ3n) is 3.15. The zero-order valence-electron chi connectivity index (χ0n) is 11.0. The normalized spacial score (nSPS) is 10.7. The summed E-state index contributed by atoms with van der Waals surface area (Å²) in [6.45, 7) is 3.91. The minimum atomic E-state index is -0.302. The minimum Gasteiger partial charge on any atom is -0.343 e. The highest BCUT2D eigenvalue weighted by atomic mass is 16.1. The van der Waals surface area contributed by atoms with Crippen LogP contribution in [0.5, 0.6) is 0 Å². The summed E-state index contributed by atoms with van der Waals surface area (Å²) in [6.07, 6.45) is 5.69. The van der Waals surface area contributed by atoms with E-state index in [1.165, 1.54) is 25.0 Å². The van der Waals surface area contributed by atoms with Gasteiger partial charge in [-0.2, -0.15) is 0 Å². The number of hydrogen-bond donors (Lipinski definition) is 2. The summed E-state index contributed by atoms with van der Waals surface area (Å²) in [7, 11) is 0. The summed E-state index contributed by atoms with van der Waals surface area (Å²) < 4.78 is 0. The molecule has 0 aliphatic carbocycles.